The molecule has 0 unspecified atom stereocenters. The van der Waals surface area contributed by atoms with Crippen LogP contribution in [0.1, 0.15) is 5.56 Å². The molecular weight excluding hydrogens is 522 g/mol. The van der Waals surface area contributed by atoms with Crippen LogP contribution >= 0.6 is 11.6 Å². The van der Waals surface area contributed by atoms with Crippen LogP contribution in [0.4, 0.5) is 5.69 Å². The van der Waals surface area contributed by atoms with E-state index in [1.165, 1.54) is 83.2 Å². The second kappa shape index (κ2) is 12.3. The molecular formula is C25H26ClN3O7S. The average molecular weight is 548 g/mol. The van der Waals surface area contributed by atoms with Crippen LogP contribution in [-0.4, -0.2) is 55.5 Å². The third kappa shape index (κ3) is 6.63. The van der Waals surface area contributed by atoms with Gasteiger partial charge in [0.25, 0.3) is 15.9 Å². The third-order valence-corrected chi connectivity index (χ3v) is 7.18. The molecule has 0 aliphatic carbocycles. The van der Waals surface area contributed by atoms with Crippen molar-refractivity contribution >= 4 is 39.4 Å². The number of hydrogen-bond donors (Lipinski definition) is 1. The molecule has 1 amide bonds. The molecule has 0 atom stereocenters. The molecule has 0 aromatic heterocycles. The summed E-state index contributed by atoms with van der Waals surface area (Å²) in [7, 11) is 1.81. The molecule has 0 aliphatic heterocycles. The maximum Gasteiger partial charge on any atom is 0.264 e. The number of hydrazone groups is 1. The number of methoxy groups -OCH3 is 4. The Morgan fingerprint density at radius 1 is 0.919 bits per heavy atom. The minimum absolute atomic E-state index is 0.0167. The van der Waals surface area contributed by atoms with Crippen molar-refractivity contribution in [1.82, 2.24) is 5.43 Å². The van der Waals surface area contributed by atoms with Gasteiger partial charge < -0.3 is 18.9 Å². The van der Waals surface area contributed by atoms with Crippen LogP contribution in [-0.2, 0) is 14.8 Å². The van der Waals surface area contributed by atoms with Crippen molar-refractivity contribution in [1.29, 1.82) is 0 Å². The van der Waals surface area contributed by atoms with Gasteiger partial charge in [-0.05, 0) is 60.7 Å². The van der Waals surface area contributed by atoms with E-state index in [1.54, 1.807) is 12.1 Å². The first-order valence-corrected chi connectivity index (χ1v) is 12.6. The van der Waals surface area contributed by atoms with Gasteiger partial charge in [-0.3, -0.25) is 9.10 Å². The van der Waals surface area contributed by atoms with Crippen molar-refractivity contribution in [3.63, 3.8) is 0 Å². The summed E-state index contributed by atoms with van der Waals surface area (Å²) in [6.07, 6.45) is 1.37. The average Bonchev–Trinajstić information content (AvgIpc) is 2.91. The lowest BCUT2D eigenvalue weighted by Gasteiger charge is -2.23. The maximum absolute atomic E-state index is 13.4. The second-order valence-corrected chi connectivity index (χ2v) is 9.71. The summed E-state index contributed by atoms with van der Waals surface area (Å²) < 4.78 is 48.9. The topological polar surface area (TPSA) is 116 Å². The Morgan fingerprint density at radius 2 is 1.51 bits per heavy atom. The number of ether oxygens (including phenoxy) is 4. The minimum Gasteiger partial charge on any atom is -0.497 e. The van der Waals surface area contributed by atoms with Gasteiger partial charge in [-0.2, -0.15) is 5.10 Å². The second-order valence-electron chi connectivity index (χ2n) is 7.42. The number of carbonyl (C=O) groups excluding carboxylic acids is 1. The van der Waals surface area contributed by atoms with E-state index in [4.69, 9.17) is 30.5 Å². The standard InChI is InChI=1S/C25H26ClN3O7S/c1-33-20-9-11-21(12-10-20)37(31,32)29(19-7-5-18(26)6-8-19)16-24(30)28-27-15-17-13-22(34-2)25(36-4)23(14-17)35-3/h5-15H,16H2,1-4H3,(H,28,30)/b27-15+. The van der Waals surface area contributed by atoms with E-state index in [9.17, 15) is 13.2 Å². The summed E-state index contributed by atoms with van der Waals surface area (Å²) in [6, 6.07) is 15.2. The van der Waals surface area contributed by atoms with Crippen LogP contribution in [0.5, 0.6) is 23.0 Å². The minimum atomic E-state index is -4.11. The zero-order valence-corrected chi connectivity index (χ0v) is 22.2. The lowest BCUT2D eigenvalue weighted by molar-refractivity contribution is -0.119. The molecule has 3 rings (SSSR count). The molecule has 0 fully saturated rings. The Kier molecular flexibility index (Phi) is 9.20. The van der Waals surface area contributed by atoms with Crippen LogP contribution < -0.4 is 28.7 Å². The number of halogens is 1. The number of rotatable bonds is 11. The van der Waals surface area contributed by atoms with Gasteiger partial charge in [-0.25, -0.2) is 13.8 Å². The number of nitrogens with one attached hydrogen (secondary N) is 1. The Morgan fingerprint density at radius 3 is 2.03 bits per heavy atom. The highest BCUT2D eigenvalue weighted by atomic mass is 35.5. The quantitative estimate of drug-likeness (QED) is 0.287. The molecule has 0 bridgehead atoms. The van der Waals surface area contributed by atoms with Crippen molar-refractivity contribution in [2.45, 2.75) is 4.90 Å². The number of carbonyl (C=O) groups is 1. The van der Waals surface area contributed by atoms with Gasteiger partial charge in [-0.1, -0.05) is 11.6 Å². The van der Waals surface area contributed by atoms with Crippen molar-refractivity contribution in [3.05, 3.63) is 71.2 Å². The number of amides is 1. The normalized spacial score (nSPS) is 11.2. The molecule has 0 heterocycles. The molecule has 12 heteroatoms. The first kappa shape index (κ1) is 27.6. The molecule has 0 saturated carbocycles. The molecule has 0 saturated heterocycles. The number of nitrogens with zero attached hydrogens (tertiary/aromatic N) is 2. The summed E-state index contributed by atoms with van der Waals surface area (Å²) >= 11 is 5.97. The van der Waals surface area contributed by atoms with Gasteiger partial charge in [0.1, 0.15) is 12.3 Å². The fourth-order valence-electron chi connectivity index (χ4n) is 3.32. The van der Waals surface area contributed by atoms with Crippen LogP contribution in [0, 0.1) is 0 Å². The SMILES string of the molecule is COc1ccc(S(=O)(=O)N(CC(=O)N/N=C/c2cc(OC)c(OC)c(OC)c2)c2ccc(Cl)cc2)cc1. The number of benzene rings is 3. The molecule has 37 heavy (non-hydrogen) atoms. The van der Waals surface area contributed by atoms with Gasteiger partial charge in [-0.15, -0.1) is 0 Å². The Labute approximate surface area is 220 Å². The van der Waals surface area contributed by atoms with Crippen LogP contribution in [0.25, 0.3) is 0 Å². The highest BCUT2D eigenvalue weighted by Crippen LogP contribution is 2.37. The maximum atomic E-state index is 13.4. The first-order valence-electron chi connectivity index (χ1n) is 10.8. The van der Waals surface area contributed by atoms with E-state index >= 15 is 0 Å². The lowest BCUT2D eigenvalue weighted by atomic mass is 10.2. The Balaban J connectivity index is 1.84. The van der Waals surface area contributed by atoms with Crippen LogP contribution in [0.3, 0.4) is 0 Å². The molecule has 1 N–H and O–H groups in total. The van der Waals surface area contributed by atoms with E-state index < -0.39 is 22.5 Å². The van der Waals surface area contributed by atoms with Gasteiger partial charge in [0.2, 0.25) is 5.75 Å². The first-order chi connectivity index (χ1) is 17.7. The number of sulfonamides is 1. The van der Waals surface area contributed by atoms with E-state index in [0.717, 1.165) is 4.31 Å². The molecule has 3 aromatic carbocycles. The van der Waals surface area contributed by atoms with Gasteiger partial charge in [0, 0.05) is 10.6 Å². The smallest absolute Gasteiger partial charge is 0.264 e. The molecule has 3 aromatic rings. The van der Waals surface area contributed by atoms with Crippen molar-refractivity contribution in [2.24, 2.45) is 5.10 Å². The lowest BCUT2D eigenvalue weighted by Crippen LogP contribution is -2.39. The third-order valence-electron chi connectivity index (χ3n) is 5.14. The summed E-state index contributed by atoms with van der Waals surface area (Å²) in [5, 5.41) is 4.37. The highest BCUT2D eigenvalue weighted by molar-refractivity contribution is 7.92. The Hall–Kier alpha value is -3.96. The van der Waals surface area contributed by atoms with Gasteiger partial charge in [0.15, 0.2) is 11.5 Å². The summed E-state index contributed by atoms with van der Waals surface area (Å²) in [4.78, 5) is 12.7. The summed E-state index contributed by atoms with van der Waals surface area (Å²) in [5.74, 6) is 1.06. The zero-order valence-electron chi connectivity index (χ0n) is 20.6. The molecule has 0 spiro atoms. The van der Waals surface area contributed by atoms with Crippen molar-refractivity contribution in [3.8, 4) is 23.0 Å². The van der Waals surface area contributed by atoms with Gasteiger partial charge in [0.05, 0.1) is 45.2 Å². The predicted molar refractivity (Wildman–Crippen MR) is 141 cm³/mol. The fourth-order valence-corrected chi connectivity index (χ4v) is 4.86. The van der Waals surface area contributed by atoms with E-state index in [-0.39, 0.29) is 10.6 Å². The number of hydrogen-bond acceptors (Lipinski definition) is 8. The van der Waals surface area contributed by atoms with Crippen molar-refractivity contribution in [2.75, 3.05) is 39.3 Å². The summed E-state index contributed by atoms with van der Waals surface area (Å²) in [6.45, 7) is -0.539. The largest absolute Gasteiger partial charge is 0.497 e. The molecule has 196 valence electrons. The van der Waals surface area contributed by atoms with E-state index in [0.29, 0.717) is 33.6 Å². The Bertz CT molecular complexity index is 1340. The van der Waals surface area contributed by atoms with Gasteiger partial charge >= 0.3 is 0 Å². The van der Waals surface area contributed by atoms with Crippen LogP contribution in [0.2, 0.25) is 5.02 Å². The molecule has 0 aliphatic rings. The fraction of sp³-hybridized carbons (Fsp3) is 0.200. The van der Waals surface area contributed by atoms with E-state index in [2.05, 4.69) is 10.5 Å². The highest BCUT2D eigenvalue weighted by Gasteiger charge is 2.27. The zero-order chi connectivity index (χ0) is 27.0. The molecule has 10 nitrogen and oxygen atoms in total. The monoisotopic (exact) mass is 547 g/mol. The van der Waals surface area contributed by atoms with Crippen LogP contribution in [0.15, 0.2) is 70.7 Å². The predicted octanol–water partition coefficient (Wildman–Crippen LogP) is 3.72. The summed E-state index contributed by atoms with van der Waals surface area (Å²) in [5.41, 5.74) is 3.16. The van der Waals surface area contributed by atoms with Crippen molar-refractivity contribution < 1.29 is 32.2 Å². The number of anilines is 1. The van der Waals surface area contributed by atoms with E-state index in [1.807, 2.05) is 0 Å². The molecule has 0 radical (unpaired) electrons.